The normalized spacial score (nSPS) is 13.6. The molecule has 3 nitrogen and oxygen atoms in total. The van der Waals surface area contributed by atoms with E-state index in [0.717, 1.165) is 24.0 Å². The minimum absolute atomic E-state index is 0.251. The summed E-state index contributed by atoms with van der Waals surface area (Å²) in [5.74, 6) is 0.945. The fourth-order valence-electron chi connectivity index (χ4n) is 2.62. The maximum absolute atomic E-state index is 13.7. The minimum Gasteiger partial charge on any atom is -0.489 e. The number of hydrogen-bond acceptors (Lipinski definition) is 3. The third-order valence-corrected chi connectivity index (χ3v) is 4.23. The lowest BCUT2D eigenvalue weighted by atomic mass is 10.0. The predicted octanol–water partition coefficient (Wildman–Crippen LogP) is 4.91. The van der Waals surface area contributed by atoms with E-state index in [9.17, 15) is 9.18 Å². The molecule has 4 heteroatoms. The Hall–Kier alpha value is -2.36. The van der Waals surface area contributed by atoms with E-state index in [1.54, 1.807) is 32.0 Å². The molecule has 0 N–H and O–H groups in total. The number of halogens is 1. The van der Waals surface area contributed by atoms with Gasteiger partial charge in [0, 0.05) is 18.1 Å². The van der Waals surface area contributed by atoms with Gasteiger partial charge in [0.15, 0.2) is 0 Å². The molecule has 0 aromatic heterocycles. The summed E-state index contributed by atoms with van der Waals surface area (Å²) in [5.41, 5.74) is 2.62. The van der Waals surface area contributed by atoms with Crippen LogP contribution in [-0.4, -0.2) is 5.97 Å². The van der Waals surface area contributed by atoms with Crippen LogP contribution in [0.15, 0.2) is 36.4 Å². The highest BCUT2D eigenvalue weighted by atomic mass is 19.1. The monoisotopic (exact) mass is 328 g/mol. The number of aryl methyl sites for hydroxylation is 1. The number of esters is 1. The van der Waals surface area contributed by atoms with Crippen molar-refractivity contribution in [3.63, 3.8) is 0 Å². The van der Waals surface area contributed by atoms with Crippen LogP contribution in [0.25, 0.3) is 0 Å². The summed E-state index contributed by atoms with van der Waals surface area (Å²) < 4.78 is 24.9. The molecular weight excluding hydrogens is 307 g/mol. The predicted molar refractivity (Wildman–Crippen MR) is 89.8 cm³/mol. The van der Waals surface area contributed by atoms with E-state index >= 15 is 0 Å². The third kappa shape index (κ3) is 3.75. The maximum atomic E-state index is 13.7. The van der Waals surface area contributed by atoms with Gasteiger partial charge in [0.1, 0.15) is 23.9 Å². The first-order valence-corrected chi connectivity index (χ1v) is 8.30. The highest BCUT2D eigenvalue weighted by Crippen LogP contribution is 2.44. The number of hydrogen-bond donors (Lipinski definition) is 0. The second kappa shape index (κ2) is 7.04. The summed E-state index contributed by atoms with van der Waals surface area (Å²) in [7, 11) is 0. The van der Waals surface area contributed by atoms with E-state index in [-0.39, 0.29) is 18.4 Å². The van der Waals surface area contributed by atoms with Crippen LogP contribution in [0.5, 0.6) is 11.5 Å². The fraction of sp³-hybridized carbons (Fsp3) is 0.350. The summed E-state index contributed by atoms with van der Waals surface area (Å²) >= 11 is 0. The maximum Gasteiger partial charge on any atom is 0.310 e. The van der Waals surface area contributed by atoms with Crippen molar-refractivity contribution in [3.05, 3.63) is 58.9 Å². The molecule has 1 saturated carbocycles. The Kier molecular flexibility index (Phi) is 4.84. The average molecular weight is 328 g/mol. The zero-order valence-corrected chi connectivity index (χ0v) is 14.0. The van der Waals surface area contributed by atoms with Crippen molar-refractivity contribution < 1.29 is 18.7 Å². The molecule has 126 valence electrons. The largest absolute Gasteiger partial charge is 0.489 e. The molecule has 0 atom stereocenters. The molecule has 1 aliphatic rings. The lowest BCUT2D eigenvalue weighted by molar-refractivity contribution is -0.134. The number of ether oxygens (including phenoxy) is 2. The van der Waals surface area contributed by atoms with Crippen molar-refractivity contribution in [2.75, 3.05) is 0 Å². The van der Waals surface area contributed by atoms with Crippen LogP contribution in [0.3, 0.4) is 0 Å². The van der Waals surface area contributed by atoms with E-state index in [1.807, 2.05) is 6.07 Å². The standard InChI is InChI=1S/C20H21FO3/c1-3-20(22)24-19-6-4-5-16(14-8-9-14)17(19)12-23-15-10-7-13(2)18(21)11-15/h4-7,10-11,14H,3,8-9,12H2,1-2H3. The second-order valence-electron chi connectivity index (χ2n) is 6.13. The van der Waals surface area contributed by atoms with Gasteiger partial charge in [0.05, 0.1) is 0 Å². The van der Waals surface area contributed by atoms with Crippen molar-refractivity contribution in [2.24, 2.45) is 0 Å². The Balaban J connectivity index is 1.84. The van der Waals surface area contributed by atoms with Gasteiger partial charge in [-0.15, -0.1) is 0 Å². The van der Waals surface area contributed by atoms with Crippen LogP contribution >= 0.6 is 0 Å². The first-order chi connectivity index (χ1) is 11.6. The van der Waals surface area contributed by atoms with Crippen molar-refractivity contribution in [1.82, 2.24) is 0 Å². The summed E-state index contributed by atoms with van der Waals surface area (Å²) in [5, 5.41) is 0. The van der Waals surface area contributed by atoms with Gasteiger partial charge < -0.3 is 9.47 Å². The van der Waals surface area contributed by atoms with Crippen LogP contribution in [0, 0.1) is 12.7 Å². The Morgan fingerprint density at radius 1 is 1.25 bits per heavy atom. The topological polar surface area (TPSA) is 35.5 Å². The summed E-state index contributed by atoms with van der Waals surface area (Å²) in [6.45, 7) is 3.73. The highest BCUT2D eigenvalue weighted by Gasteiger charge is 2.28. The zero-order valence-electron chi connectivity index (χ0n) is 14.0. The molecule has 0 heterocycles. The highest BCUT2D eigenvalue weighted by molar-refractivity contribution is 5.72. The lowest BCUT2D eigenvalue weighted by Gasteiger charge is -2.15. The third-order valence-electron chi connectivity index (χ3n) is 4.23. The van der Waals surface area contributed by atoms with Crippen LogP contribution in [-0.2, 0) is 11.4 Å². The molecule has 3 rings (SSSR count). The molecule has 0 radical (unpaired) electrons. The van der Waals surface area contributed by atoms with E-state index in [2.05, 4.69) is 6.07 Å². The van der Waals surface area contributed by atoms with Gasteiger partial charge >= 0.3 is 5.97 Å². The summed E-state index contributed by atoms with van der Waals surface area (Å²) in [6.07, 6.45) is 2.59. The van der Waals surface area contributed by atoms with E-state index in [0.29, 0.717) is 29.4 Å². The minimum atomic E-state index is -0.291. The van der Waals surface area contributed by atoms with Crippen LogP contribution in [0.1, 0.15) is 48.8 Å². The first kappa shape index (κ1) is 16.5. The fourth-order valence-corrected chi connectivity index (χ4v) is 2.62. The molecule has 1 fully saturated rings. The van der Waals surface area contributed by atoms with Gasteiger partial charge in [-0.2, -0.15) is 0 Å². The van der Waals surface area contributed by atoms with Crippen LogP contribution in [0.2, 0.25) is 0 Å². The molecule has 2 aromatic carbocycles. The van der Waals surface area contributed by atoms with Gasteiger partial charge in [-0.05, 0) is 48.9 Å². The summed E-state index contributed by atoms with van der Waals surface area (Å²) in [6, 6.07) is 10.6. The van der Waals surface area contributed by atoms with Crippen molar-refractivity contribution in [2.45, 2.75) is 45.6 Å². The molecule has 0 unspecified atom stereocenters. The number of carbonyl (C=O) groups excluding carboxylic acids is 1. The van der Waals surface area contributed by atoms with Gasteiger partial charge in [0.25, 0.3) is 0 Å². The Morgan fingerprint density at radius 3 is 2.71 bits per heavy atom. The van der Waals surface area contributed by atoms with Gasteiger partial charge in [-0.1, -0.05) is 25.1 Å². The van der Waals surface area contributed by atoms with Gasteiger partial charge in [-0.25, -0.2) is 4.39 Å². The summed E-state index contributed by atoms with van der Waals surface area (Å²) in [4.78, 5) is 11.7. The van der Waals surface area contributed by atoms with E-state index in [1.165, 1.54) is 6.07 Å². The average Bonchev–Trinajstić information content (AvgIpc) is 3.41. The molecule has 1 aliphatic carbocycles. The van der Waals surface area contributed by atoms with Gasteiger partial charge in [0.2, 0.25) is 0 Å². The number of benzene rings is 2. The molecule has 0 saturated heterocycles. The quantitative estimate of drug-likeness (QED) is 0.558. The second-order valence-corrected chi connectivity index (χ2v) is 6.13. The molecule has 0 aliphatic heterocycles. The first-order valence-electron chi connectivity index (χ1n) is 8.30. The van der Waals surface area contributed by atoms with Gasteiger partial charge in [-0.3, -0.25) is 4.79 Å². The van der Waals surface area contributed by atoms with Crippen molar-refractivity contribution in [3.8, 4) is 11.5 Å². The SMILES string of the molecule is CCC(=O)Oc1cccc(C2CC2)c1COc1ccc(C)c(F)c1. The molecule has 24 heavy (non-hydrogen) atoms. The van der Waals surface area contributed by atoms with Crippen LogP contribution < -0.4 is 9.47 Å². The Labute approximate surface area is 141 Å². The van der Waals surface area contributed by atoms with E-state index in [4.69, 9.17) is 9.47 Å². The van der Waals surface area contributed by atoms with Crippen LogP contribution in [0.4, 0.5) is 4.39 Å². The van der Waals surface area contributed by atoms with Crippen molar-refractivity contribution >= 4 is 5.97 Å². The molecular formula is C20H21FO3. The number of carbonyl (C=O) groups is 1. The zero-order chi connectivity index (χ0) is 17.1. The lowest BCUT2D eigenvalue weighted by Crippen LogP contribution is -2.10. The smallest absolute Gasteiger partial charge is 0.310 e. The molecule has 0 spiro atoms. The van der Waals surface area contributed by atoms with E-state index < -0.39 is 0 Å². The Morgan fingerprint density at radius 2 is 2.04 bits per heavy atom. The molecule has 2 aromatic rings. The number of rotatable bonds is 6. The van der Waals surface area contributed by atoms with Crippen molar-refractivity contribution in [1.29, 1.82) is 0 Å². The molecule has 0 amide bonds. The molecule has 0 bridgehead atoms. The Bertz CT molecular complexity index is 751.